The standard InChI is InChI=1S/C53H56O10/c54-52-50(59-35-43-27-15-5-16-28-43)49(58-34-42-25-13-4-14-26-42)47(56-32-40-21-9-2-10-22-40)46(62-52)38-61-53-51(60-36-44-29-17-6-18-30-44)48(57-33-41-23-11-3-12-24-41)45(63-53)37-55-31-39-19-7-1-8-20-39/h1-30,45-54H,31-38H2/t45-,46-,47-,48-,49+,50-,51-,52+,53+/m1/s1. The van der Waals surface area contributed by atoms with Crippen LogP contribution in [0.1, 0.15) is 33.4 Å². The van der Waals surface area contributed by atoms with Gasteiger partial charge in [-0.25, -0.2) is 0 Å². The summed E-state index contributed by atoms with van der Waals surface area (Å²) in [5, 5.41) is 11.8. The quantitative estimate of drug-likeness (QED) is 0.0715. The van der Waals surface area contributed by atoms with Gasteiger partial charge in [0.1, 0.15) is 42.7 Å². The molecule has 6 aromatic carbocycles. The van der Waals surface area contributed by atoms with Crippen molar-refractivity contribution in [2.45, 2.75) is 94.9 Å². The van der Waals surface area contributed by atoms with Crippen LogP contribution in [0.4, 0.5) is 0 Å². The average Bonchev–Trinajstić information content (AvgIpc) is 3.67. The second-order valence-corrected chi connectivity index (χ2v) is 15.7. The zero-order chi connectivity index (χ0) is 42.9. The number of benzene rings is 6. The second kappa shape index (κ2) is 23.6. The van der Waals surface area contributed by atoms with Crippen LogP contribution in [0, 0.1) is 0 Å². The van der Waals surface area contributed by atoms with Gasteiger partial charge in [-0.3, -0.25) is 0 Å². The summed E-state index contributed by atoms with van der Waals surface area (Å²) in [6.07, 6.45) is -7.22. The summed E-state index contributed by atoms with van der Waals surface area (Å²) in [5.41, 5.74) is 5.94. The van der Waals surface area contributed by atoms with E-state index in [1.807, 2.05) is 182 Å². The van der Waals surface area contributed by atoms with Crippen LogP contribution in [-0.2, 0) is 82.3 Å². The van der Waals surface area contributed by atoms with Crippen molar-refractivity contribution in [3.8, 4) is 0 Å². The lowest BCUT2D eigenvalue weighted by molar-refractivity contribution is -0.323. The number of rotatable bonds is 22. The van der Waals surface area contributed by atoms with E-state index in [0.717, 1.165) is 33.4 Å². The maximum Gasteiger partial charge on any atom is 0.187 e. The third kappa shape index (κ3) is 13.0. The third-order valence-electron chi connectivity index (χ3n) is 11.1. The fraction of sp³-hybridized carbons (Fsp3) is 0.321. The first-order valence-electron chi connectivity index (χ1n) is 21.7. The van der Waals surface area contributed by atoms with Gasteiger partial charge in [0.15, 0.2) is 12.6 Å². The summed E-state index contributed by atoms with van der Waals surface area (Å²) in [6.45, 7) is 1.99. The highest BCUT2D eigenvalue weighted by Gasteiger charge is 2.51. The van der Waals surface area contributed by atoms with Crippen LogP contribution in [0.3, 0.4) is 0 Å². The Kier molecular flexibility index (Phi) is 16.7. The zero-order valence-electron chi connectivity index (χ0n) is 35.3. The van der Waals surface area contributed by atoms with Gasteiger partial charge in [0.25, 0.3) is 0 Å². The Morgan fingerprint density at radius 1 is 0.317 bits per heavy atom. The van der Waals surface area contributed by atoms with Crippen molar-refractivity contribution in [1.29, 1.82) is 0 Å². The van der Waals surface area contributed by atoms with Gasteiger partial charge < -0.3 is 47.7 Å². The van der Waals surface area contributed by atoms with Crippen molar-refractivity contribution in [3.63, 3.8) is 0 Å². The minimum absolute atomic E-state index is 0.0357. The van der Waals surface area contributed by atoms with Crippen LogP contribution in [0.25, 0.3) is 0 Å². The topological polar surface area (TPSA) is 103 Å². The summed E-state index contributed by atoms with van der Waals surface area (Å²) in [6, 6.07) is 59.6. The van der Waals surface area contributed by atoms with Crippen molar-refractivity contribution < 1.29 is 47.7 Å². The Morgan fingerprint density at radius 3 is 1.05 bits per heavy atom. The number of hydrogen-bond donors (Lipinski definition) is 1. The average molecular weight is 853 g/mol. The third-order valence-corrected chi connectivity index (χ3v) is 11.1. The first-order chi connectivity index (χ1) is 31.2. The molecule has 63 heavy (non-hydrogen) atoms. The van der Waals surface area contributed by atoms with Gasteiger partial charge in [-0.05, 0) is 33.4 Å². The molecule has 0 bridgehead atoms. The van der Waals surface area contributed by atoms with Gasteiger partial charge in [0, 0.05) is 0 Å². The van der Waals surface area contributed by atoms with E-state index in [1.54, 1.807) is 0 Å². The highest BCUT2D eigenvalue weighted by molar-refractivity contribution is 5.18. The van der Waals surface area contributed by atoms with Crippen LogP contribution in [0.2, 0.25) is 0 Å². The first kappa shape index (κ1) is 44.5. The lowest BCUT2D eigenvalue weighted by Gasteiger charge is -2.44. The SMILES string of the molecule is O[C@H]1O[C@H](CO[C@H]2O[C@H](COCc3ccccc3)[C@@H](OCc3ccccc3)[C@H]2OCc2ccccc2)[C@@H](OCc2ccccc2)[C@H](OCc2ccccc2)[C@H]1OCc1ccccc1. The van der Waals surface area contributed by atoms with E-state index in [9.17, 15) is 5.11 Å². The molecule has 0 aromatic heterocycles. The number of aliphatic hydroxyl groups excluding tert-OH is 1. The molecule has 1 N–H and O–H groups in total. The summed E-state index contributed by atoms with van der Waals surface area (Å²) in [4.78, 5) is 0. The van der Waals surface area contributed by atoms with Crippen molar-refractivity contribution in [2.24, 2.45) is 0 Å². The van der Waals surface area contributed by atoms with Crippen molar-refractivity contribution in [1.82, 2.24) is 0 Å². The van der Waals surface area contributed by atoms with Crippen molar-refractivity contribution in [2.75, 3.05) is 13.2 Å². The molecule has 10 heteroatoms. The van der Waals surface area contributed by atoms with E-state index in [2.05, 4.69) is 0 Å². The molecule has 2 fully saturated rings. The minimum atomic E-state index is -1.37. The summed E-state index contributed by atoms with van der Waals surface area (Å²) < 4.78 is 59.4. The molecule has 0 spiro atoms. The molecule has 2 aliphatic rings. The lowest BCUT2D eigenvalue weighted by atomic mass is 9.98. The maximum absolute atomic E-state index is 11.8. The predicted molar refractivity (Wildman–Crippen MR) is 237 cm³/mol. The molecule has 8 rings (SSSR count). The molecular formula is C53H56O10. The lowest BCUT2D eigenvalue weighted by Crippen LogP contribution is -2.61. The fourth-order valence-corrected chi connectivity index (χ4v) is 7.83. The second-order valence-electron chi connectivity index (χ2n) is 15.7. The molecule has 0 unspecified atom stereocenters. The molecule has 10 nitrogen and oxygen atoms in total. The van der Waals surface area contributed by atoms with E-state index in [1.165, 1.54) is 0 Å². The highest BCUT2D eigenvalue weighted by Crippen LogP contribution is 2.33. The Bertz CT molecular complexity index is 2150. The van der Waals surface area contributed by atoms with Crippen LogP contribution in [-0.4, -0.2) is 73.6 Å². The molecule has 0 saturated carbocycles. The van der Waals surface area contributed by atoms with Gasteiger partial charge in [-0.2, -0.15) is 0 Å². The largest absolute Gasteiger partial charge is 0.374 e. The zero-order valence-corrected chi connectivity index (χ0v) is 35.3. The van der Waals surface area contributed by atoms with Gasteiger partial charge in [0.05, 0.1) is 52.9 Å². The monoisotopic (exact) mass is 852 g/mol. The number of ether oxygens (including phenoxy) is 9. The molecule has 328 valence electrons. The molecular weight excluding hydrogens is 797 g/mol. The molecule has 9 atom stereocenters. The van der Waals surface area contributed by atoms with Crippen molar-refractivity contribution >= 4 is 0 Å². The van der Waals surface area contributed by atoms with Crippen LogP contribution >= 0.6 is 0 Å². The molecule has 6 aromatic rings. The molecule has 2 aliphatic heterocycles. The fourth-order valence-electron chi connectivity index (χ4n) is 7.83. The Balaban J connectivity index is 1.05. The molecule has 0 amide bonds. The number of hydrogen-bond acceptors (Lipinski definition) is 10. The van der Waals surface area contributed by atoms with Gasteiger partial charge >= 0.3 is 0 Å². The summed E-state index contributed by atoms with van der Waals surface area (Å²) in [7, 11) is 0. The Hall–Kier alpha value is -5.08. The molecule has 0 aliphatic carbocycles. The molecule has 2 heterocycles. The van der Waals surface area contributed by atoms with Gasteiger partial charge in [-0.15, -0.1) is 0 Å². The van der Waals surface area contributed by atoms with E-state index in [4.69, 9.17) is 42.6 Å². The van der Waals surface area contributed by atoms with Crippen LogP contribution in [0.15, 0.2) is 182 Å². The normalized spacial score (nSPS) is 24.6. The smallest absolute Gasteiger partial charge is 0.187 e. The van der Waals surface area contributed by atoms with Crippen LogP contribution < -0.4 is 0 Å². The number of aliphatic hydroxyl groups is 1. The van der Waals surface area contributed by atoms with Gasteiger partial charge in [0.2, 0.25) is 0 Å². The highest BCUT2D eigenvalue weighted by atomic mass is 16.7. The van der Waals surface area contributed by atoms with Gasteiger partial charge in [-0.1, -0.05) is 182 Å². The maximum atomic E-state index is 11.8. The Labute approximate surface area is 370 Å². The first-order valence-corrected chi connectivity index (χ1v) is 21.7. The summed E-state index contributed by atoms with van der Waals surface area (Å²) in [5.74, 6) is 0. The van der Waals surface area contributed by atoms with E-state index in [-0.39, 0.29) is 33.0 Å². The predicted octanol–water partition coefficient (Wildman–Crippen LogP) is 8.59. The molecule has 0 radical (unpaired) electrons. The van der Waals surface area contributed by atoms with Crippen LogP contribution in [0.5, 0.6) is 0 Å². The molecule has 2 saturated heterocycles. The minimum Gasteiger partial charge on any atom is -0.374 e. The Morgan fingerprint density at radius 2 is 0.635 bits per heavy atom. The van der Waals surface area contributed by atoms with E-state index >= 15 is 0 Å². The van der Waals surface area contributed by atoms with E-state index in [0.29, 0.717) is 19.8 Å². The summed E-state index contributed by atoms with van der Waals surface area (Å²) >= 11 is 0. The van der Waals surface area contributed by atoms with Crippen molar-refractivity contribution in [3.05, 3.63) is 215 Å². The van der Waals surface area contributed by atoms with E-state index < -0.39 is 55.3 Å².